The Morgan fingerprint density at radius 3 is 2.05 bits per heavy atom. The second kappa shape index (κ2) is 13.4. The predicted octanol–water partition coefficient (Wildman–Crippen LogP) is 3.92. The molecule has 19 heavy (non-hydrogen) atoms. The molecule has 0 aromatic heterocycles. The standard InChI is InChI=1S/C15H28O4/c1-2-3-4-5-6-7-8-9-10-11-14(19-13-16)12-15(17)18/h13-14H,2-12H2,1H3,(H,17,18)/t14-/m1/s1. The first kappa shape index (κ1) is 17.9. The normalized spacial score (nSPS) is 12.1. The third-order valence-corrected chi connectivity index (χ3v) is 3.28. The summed E-state index contributed by atoms with van der Waals surface area (Å²) in [4.78, 5) is 20.8. The van der Waals surface area contributed by atoms with Crippen LogP contribution in [-0.4, -0.2) is 23.7 Å². The van der Waals surface area contributed by atoms with Crippen molar-refractivity contribution in [2.45, 2.75) is 83.7 Å². The molecule has 4 nitrogen and oxygen atoms in total. The third-order valence-electron chi connectivity index (χ3n) is 3.28. The Kier molecular flexibility index (Phi) is 12.6. The van der Waals surface area contributed by atoms with Crippen LogP contribution in [0.3, 0.4) is 0 Å². The summed E-state index contributed by atoms with van der Waals surface area (Å²) < 4.78 is 4.76. The molecular formula is C15H28O4. The van der Waals surface area contributed by atoms with E-state index in [-0.39, 0.29) is 6.42 Å². The van der Waals surface area contributed by atoms with Crippen molar-refractivity contribution >= 4 is 12.4 Å². The number of ether oxygens (including phenoxy) is 1. The van der Waals surface area contributed by atoms with E-state index in [2.05, 4.69) is 6.92 Å². The molecule has 0 rings (SSSR count). The fourth-order valence-electron chi connectivity index (χ4n) is 2.17. The minimum absolute atomic E-state index is 0.0875. The monoisotopic (exact) mass is 272 g/mol. The summed E-state index contributed by atoms with van der Waals surface area (Å²) in [5.74, 6) is -0.914. The summed E-state index contributed by atoms with van der Waals surface area (Å²) in [7, 11) is 0. The van der Waals surface area contributed by atoms with Crippen LogP contribution in [0.5, 0.6) is 0 Å². The van der Waals surface area contributed by atoms with E-state index >= 15 is 0 Å². The van der Waals surface area contributed by atoms with E-state index in [0.717, 1.165) is 12.8 Å². The molecule has 0 radical (unpaired) electrons. The molecule has 0 aliphatic heterocycles. The summed E-state index contributed by atoms with van der Waals surface area (Å²) in [5, 5.41) is 8.66. The van der Waals surface area contributed by atoms with Crippen molar-refractivity contribution in [2.75, 3.05) is 0 Å². The molecule has 112 valence electrons. The lowest BCUT2D eigenvalue weighted by Crippen LogP contribution is -2.16. The second-order valence-corrected chi connectivity index (χ2v) is 5.07. The van der Waals surface area contributed by atoms with Gasteiger partial charge in [0.1, 0.15) is 6.10 Å². The average Bonchev–Trinajstić information content (AvgIpc) is 2.36. The molecule has 0 unspecified atom stereocenters. The van der Waals surface area contributed by atoms with Gasteiger partial charge in [0.15, 0.2) is 0 Å². The number of carboxylic acid groups (broad SMARTS) is 1. The van der Waals surface area contributed by atoms with Crippen molar-refractivity contribution in [3.63, 3.8) is 0 Å². The minimum atomic E-state index is -0.914. The van der Waals surface area contributed by atoms with E-state index in [4.69, 9.17) is 9.84 Å². The van der Waals surface area contributed by atoms with Gasteiger partial charge in [-0.1, -0.05) is 58.3 Å². The van der Waals surface area contributed by atoms with Crippen molar-refractivity contribution in [1.82, 2.24) is 0 Å². The maximum absolute atomic E-state index is 10.5. The highest BCUT2D eigenvalue weighted by atomic mass is 16.5. The average molecular weight is 272 g/mol. The van der Waals surface area contributed by atoms with Gasteiger partial charge in [0.2, 0.25) is 0 Å². The Morgan fingerprint density at radius 2 is 1.58 bits per heavy atom. The maximum Gasteiger partial charge on any atom is 0.307 e. The molecule has 0 heterocycles. The van der Waals surface area contributed by atoms with E-state index < -0.39 is 12.1 Å². The minimum Gasteiger partial charge on any atom is -0.481 e. The molecule has 1 atom stereocenters. The first-order valence-electron chi connectivity index (χ1n) is 7.51. The van der Waals surface area contributed by atoms with Crippen LogP contribution < -0.4 is 0 Å². The molecular weight excluding hydrogens is 244 g/mol. The Bertz CT molecular complexity index is 228. The Morgan fingerprint density at radius 1 is 1.05 bits per heavy atom. The first-order valence-corrected chi connectivity index (χ1v) is 7.51. The molecule has 0 saturated heterocycles. The SMILES string of the molecule is CCCCCCCCCCC[C@H](CC(=O)O)OC=O. The van der Waals surface area contributed by atoms with Crippen LogP contribution in [0.1, 0.15) is 77.6 Å². The highest BCUT2D eigenvalue weighted by Crippen LogP contribution is 2.13. The lowest BCUT2D eigenvalue weighted by atomic mass is 10.0. The molecule has 4 heteroatoms. The molecule has 0 amide bonds. The predicted molar refractivity (Wildman–Crippen MR) is 75.0 cm³/mol. The highest BCUT2D eigenvalue weighted by Gasteiger charge is 2.13. The van der Waals surface area contributed by atoms with Gasteiger partial charge in [0.05, 0.1) is 6.42 Å². The number of hydrogen-bond donors (Lipinski definition) is 1. The Hall–Kier alpha value is -1.06. The number of carbonyl (C=O) groups excluding carboxylic acids is 1. The summed E-state index contributed by atoms with van der Waals surface area (Å²) in [6, 6.07) is 0. The van der Waals surface area contributed by atoms with Crippen LogP contribution in [0.2, 0.25) is 0 Å². The van der Waals surface area contributed by atoms with Crippen LogP contribution in [0.4, 0.5) is 0 Å². The summed E-state index contributed by atoms with van der Waals surface area (Å²) in [6.07, 6.45) is 11.1. The van der Waals surface area contributed by atoms with Gasteiger partial charge >= 0.3 is 5.97 Å². The molecule has 0 aliphatic carbocycles. The van der Waals surface area contributed by atoms with E-state index in [1.807, 2.05) is 0 Å². The molecule has 0 bridgehead atoms. The van der Waals surface area contributed by atoms with Crippen LogP contribution in [0.25, 0.3) is 0 Å². The lowest BCUT2D eigenvalue weighted by Gasteiger charge is -2.12. The van der Waals surface area contributed by atoms with Crippen LogP contribution >= 0.6 is 0 Å². The number of carboxylic acids is 1. The molecule has 0 aromatic rings. The van der Waals surface area contributed by atoms with Crippen molar-refractivity contribution < 1.29 is 19.4 Å². The quantitative estimate of drug-likeness (QED) is 0.384. The van der Waals surface area contributed by atoms with Crippen molar-refractivity contribution in [2.24, 2.45) is 0 Å². The van der Waals surface area contributed by atoms with Gasteiger partial charge in [-0.3, -0.25) is 9.59 Å². The van der Waals surface area contributed by atoms with Crippen molar-refractivity contribution in [3.05, 3.63) is 0 Å². The third kappa shape index (κ3) is 13.2. The van der Waals surface area contributed by atoms with Gasteiger partial charge in [-0.2, -0.15) is 0 Å². The van der Waals surface area contributed by atoms with E-state index in [1.165, 1.54) is 44.9 Å². The highest BCUT2D eigenvalue weighted by molar-refractivity contribution is 5.67. The lowest BCUT2D eigenvalue weighted by molar-refractivity contribution is -0.143. The molecule has 0 spiro atoms. The Labute approximate surface area is 116 Å². The van der Waals surface area contributed by atoms with Crippen molar-refractivity contribution in [1.29, 1.82) is 0 Å². The van der Waals surface area contributed by atoms with Crippen LogP contribution in [0, 0.1) is 0 Å². The summed E-state index contributed by atoms with van der Waals surface area (Å²) in [5.41, 5.74) is 0. The number of unbranched alkanes of at least 4 members (excludes halogenated alkanes) is 8. The largest absolute Gasteiger partial charge is 0.481 e. The van der Waals surface area contributed by atoms with Gasteiger partial charge in [0.25, 0.3) is 6.47 Å². The molecule has 1 N–H and O–H groups in total. The summed E-state index contributed by atoms with van der Waals surface area (Å²) >= 11 is 0. The number of carbonyl (C=O) groups is 2. The van der Waals surface area contributed by atoms with E-state index in [0.29, 0.717) is 12.9 Å². The van der Waals surface area contributed by atoms with Gasteiger partial charge in [-0.25, -0.2) is 0 Å². The van der Waals surface area contributed by atoms with Gasteiger partial charge < -0.3 is 9.84 Å². The summed E-state index contributed by atoms with van der Waals surface area (Å²) in [6.45, 7) is 2.57. The molecule has 0 aromatic carbocycles. The zero-order chi connectivity index (χ0) is 14.3. The second-order valence-electron chi connectivity index (χ2n) is 5.07. The number of rotatable bonds is 14. The molecule has 0 fully saturated rings. The smallest absolute Gasteiger partial charge is 0.307 e. The van der Waals surface area contributed by atoms with E-state index in [1.54, 1.807) is 0 Å². The van der Waals surface area contributed by atoms with E-state index in [9.17, 15) is 9.59 Å². The van der Waals surface area contributed by atoms with Gasteiger partial charge in [0, 0.05) is 0 Å². The zero-order valence-corrected chi connectivity index (χ0v) is 12.1. The fourth-order valence-corrected chi connectivity index (χ4v) is 2.17. The van der Waals surface area contributed by atoms with Crippen LogP contribution in [-0.2, 0) is 14.3 Å². The van der Waals surface area contributed by atoms with Gasteiger partial charge in [-0.15, -0.1) is 0 Å². The maximum atomic E-state index is 10.5. The fraction of sp³-hybridized carbons (Fsp3) is 0.867. The number of hydrogen-bond acceptors (Lipinski definition) is 3. The Balaban J connectivity index is 3.39. The first-order chi connectivity index (χ1) is 9.20. The zero-order valence-electron chi connectivity index (χ0n) is 12.1. The van der Waals surface area contributed by atoms with Gasteiger partial charge in [-0.05, 0) is 12.8 Å². The number of aliphatic carboxylic acids is 1. The molecule has 0 saturated carbocycles. The topological polar surface area (TPSA) is 63.6 Å². The van der Waals surface area contributed by atoms with Crippen molar-refractivity contribution in [3.8, 4) is 0 Å². The van der Waals surface area contributed by atoms with Crippen LogP contribution in [0.15, 0.2) is 0 Å². The molecule has 0 aliphatic rings.